The number of rotatable bonds is 1. The molecular weight excluding hydrogens is 330 g/mol. The van der Waals surface area contributed by atoms with Crippen LogP contribution in [-0.2, 0) is 0 Å². The van der Waals surface area contributed by atoms with Gasteiger partial charge in [0, 0.05) is 33.3 Å². The summed E-state index contributed by atoms with van der Waals surface area (Å²) in [5, 5.41) is 10.1. The van der Waals surface area contributed by atoms with E-state index in [1.807, 2.05) is 18.3 Å². The van der Waals surface area contributed by atoms with Crippen LogP contribution in [0.2, 0.25) is 0 Å². The number of pyridine rings is 1. The summed E-state index contributed by atoms with van der Waals surface area (Å²) >= 11 is 0. The van der Waals surface area contributed by atoms with Crippen LogP contribution in [0.5, 0.6) is 0 Å². The van der Waals surface area contributed by atoms with E-state index in [4.69, 9.17) is 4.42 Å². The third kappa shape index (κ3) is 1.55. The van der Waals surface area contributed by atoms with Crippen molar-refractivity contribution in [2.45, 2.75) is 0 Å². The normalized spacial score (nSPS) is 12.4. The van der Waals surface area contributed by atoms with Gasteiger partial charge < -0.3 is 4.42 Å². The summed E-state index contributed by atoms with van der Waals surface area (Å²) in [6.07, 6.45) is 1.86. The van der Waals surface area contributed by atoms with Gasteiger partial charge >= 0.3 is 0 Å². The van der Waals surface area contributed by atoms with Gasteiger partial charge in [-0.3, -0.25) is 4.98 Å². The standard InChI is InChI=1S/C25H13NO/c1-2-13-26-18(6-1)16-10-12-20-25-23(16)17-5-3-4-14-7-8-15-9-11-19(27-20)24(25)22(15)21(14)17/h1-13H. The summed E-state index contributed by atoms with van der Waals surface area (Å²) in [5.41, 5.74) is 4.05. The lowest BCUT2D eigenvalue weighted by molar-refractivity contribution is 0.669. The van der Waals surface area contributed by atoms with Gasteiger partial charge in [0.25, 0.3) is 0 Å². The molecule has 5 aromatic carbocycles. The molecule has 0 aliphatic rings. The minimum absolute atomic E-state index is 0.943. The van der Waals surface area contributed by atoms with Gasteiger partial charge in [0.1, 0.15) is 11.2 Å². The van der Waals surface area contributed by atoms with E-state index in [1.165, 1.54) is 43.1 Å². The summed E-state index contributed by atoms with van der Waals surface area (Å²) in [7, 11) is 0. The highest BCUT2D eigenvalue weighted by molar-refractivity contribution is 6.40. The van der Waals surface area contributed by atoms with E-state index in [2.05, 4.69) is 65.6 Å². The summed E-state index contributed by atoms with van der Waals surface area (Å²) < 4.78 is 6.25. The van der Waals surface area contributed by atoms with Crippen LogP contribution in [-0.4, -0.2) is 4.98 Å². The number of benzene rings is 5. The first kappa shape index (κ1) is 13.5. The quantitative estimate of drug-likeness (QED) is 0.237. The van der Waals surface area contributed by atoms with E-state index in [1.54, 1.807) is 0 Å². The monoisotopic (exact) mass is 343 g/mol. The predicted molar refractivity (Wildman–Crippen MR) is 112 cm³/mol. The van der Waals surface area contributed by atoms with E-state index in [0.29, 0.717) is 0 Å². The first-order chi connectivity index (χ1) is 13.4. The Hall–Kier alpha value is -3.65. The molecule has 0 fully saturated rings. The van der Waals surface area contributed by atoms with E-state index < -0.39 is 0 Å². The second-order valence-corrected chi connectivity index (χ2v) is 7.18. The van der Waals surface area contributed by atoms with Gasteiger partial charge in [-0.05, 0) is 51.9 Å². The Morgan fingerprint density at radius 1 is 0.556 bits per heavy atom. The van der Waals surface area contributed by atoms with Crippen LogP contribution in [0.15, 0.2) is 83.4 Å². The number of hydrogen-bond donors (Lipinski definition) is 0. The zero-order valence-corrected chi connectivity index (χ0v) is 14.4. The molecule has 7 aromatic rings. The van der Waals surface area contributed by atoms with E-state index in [9.17, 15) is 0 Å². The molecule has 0 N–H and O–H groups in total. The molecular formula is C25H13NO. The van der Waals surface area contributed by atoms with Crippen molar-refractivity contribution in [2.75, 3.05) is 0 Å². The van der Waals surface area contributed by atoms with Gasteiger partial charge in [-0.15, -0.1) is 0 Å². The molecule has 27 heavy (non-hydrogen) atoms. The van der Waals surface area contributed by atoms with Crippen molar-refractivity contribution in [1.29, 1.82) is 0 Å². The third-order valence-corrected chi connectivity index (χ3v) is 5.84. The van der Waals surface area contributed by atoms with Crippen LogP contribution in [0.1, 0.15) is 0 Å². The van der Waals surface area contributed by atoms with Crippen molar-refractivity contribution >= 4 is 54.3 Å². The Morgan fingerprint density at radius 2 is 1.33 bits per heavy atom. The fourth-order valence-electron chi connectivity index (χ4n) is 4.77. The molecule has 7 rings (SSSR count). The van der Waals surface area contributed by atoms with E-state index in [0.717, 1.165) is 22.4 Å². The molecule has 0 aliphatic carbocycles. The SMILES string of the molecule is c1ccc(-c2ccc3oc4ccc5ccc6cccc7c2c3c4c5c67)nc1. The maximum Gasteiger partial charge on any atom is 0.136 e. The van der Waals surface area contributed by atoms with Gasteiger partial charge in [0.2, 0.25) is 0 Å². The zero-order chi connectivity index (χ0) is 17.5. The maximum atomic E-state index is 6.25. The number of nitrogens with zero attached hydrogens (tertiary/aromatic N) is 1. The second kappa shape index (κ2) is 4.54. The van der Waals surface area contributed by atoms with Crippen LogP contribution in [0.4, 0.5) is 0 Å². The van der Waals surface area contributed by atoms with Crippen molar-refractivity contribution in [3.63, 3.8) is 0 Å². The van der Waals surface area contributed by atoms with Crippen molar-refractivity contribution in [2.24, 2.45) is 0 Å². The molecule has 0 saturated heterocycles. The minimum Gasteiger partial charge on any atom is -0.456 e. The molecule has 0 radical (unpaired) electrons. The highest BCUT2D eigenvalue weighted by Gasteiger charge is 2.22. The van der Waals surface area contributed by atoms with Crippen LogP contribution in [0, 0.1) is 0 Å². The number of furan rings is 1. The second-order valence-electron chi connectivity index (χ2n) is 7.18. The first-order valence-corrected chi connectivity index (χ1v) is 9.15. The van der Waals surface area contributed by atoms with E-state index >= 15 is 0 Å². The number of hydrogen-bond acceptors (Lipinski definition) is 2. The zero-order valence-electron chi connectivity index (χ0n) is 14.4. The Bertz CT molecular complexity index is 1600. The van der Waals surface area contributed by atoms with Gasteiger partial charge in [-0.2, -0.15) is 0 Å². The molecule has 0 unspecified atom stereocenters. The number of fused-ring (bicyclic) bond motifs is 1. The van der Waals surface area contributed by atoms with Crippen molar-refractivity contribution < 1.29 is 4.42 Å². The lowest BCUT2D eigenvalue weighted by atomic mass is 9.87. The Kier molecular flexibility index (Phi) is 2.28. The summed E-state index contributed by atoms with van der Waals surface area (Å²) in [5.74, 6) is 0. The van der Waals surface area contributed by atoms with E-state index in [-0.39, 0.29) is 0 Å². The Labute approximate surface area is 154 Å². The minimum atomic E-state index is 0.943. The average Bonchev–Trinajstić information content (AvgIpc) is 3.12. The molecule has 124 valence electrons. The molecule has 0 saturated carbocycles. The predicted octanol–water partition coefficient (Wildman–Crippen LogP) is 6.98. The topological polar surface area (TPSA) is 26.0 Å². The van der Waals surface area contributed by atoms with Gasteiger partial charge in [-0.1, -0.05) is 42.5 Å². The third-order valence-electron chi connectivity index (χ3n) is 5.84. The Morgan fingerprint density at radius 3 is 2.19 bits per heavy atom. The summed E-state index contributed by atoms with van der Waals surface area (Å²) in [4.78, 5) is 4.63. The molecule has 0 spiro atoms. The van der Waals surface area contributed by atoms with Crippen LogP contribution in [0.3, 0.4) is 0 Å². The first-order valence-electron chi connectivity index (χ1n) is 9.15. The molecule has 0 amide bonds. The smallest absolute Gasteiger partial charge is 0.136 e. The molecule has 0 atom stereocenters. The summed E-state index contributed by atoms with van der Waals surface area (Å²) in [6.45, 7) is 0. The number of aromatic nitrogens is 1. The van der Waals surface area contributed by atoms with Crippen molar-refractivity contribution in [3.8, 4) is 11.3 Å². The lowest BCUT2D eigenvalue weighted by Gasteiger charge is -2.15. The maximum absolute atomic E-state index is 6.25. The average molecular weight is 343 g/mol. The van der Waals surface area contributed by atoms with Crippen LogP contribution < -0.4 is 0 Å². The molecule has 0 bridgehead atoms. The van der Waals surface area contributed by atoms with Crippen molar-refractivity contribution in [1.82, 2.24) is 4.98 Å². The molecule has 2 aromatic heterocycles. The van der Waals surface area contributed by atoms with Crippen LogP contribution in [0.25, 0.3) is 65.5 Å². The Balaban J connectivity index is 1.89. The van der Waals surface area contributed by atoms with Crippen molar-refractivity contribution in [3.05, 3.63) is 79.0 Å². The van der Waals surface area contributed by atoms with Gasteiger partial charge in [0.05, 0.1) is 5.69 Å². The molecule has 2 heterocycles. The van der Waals surface area contributed by atoms with Crippen LogP contribution >= 0.6 is 0 Å². The molecule has 2 heteroatoms. The highest BCUT2D eigenvalue weighted by atomic mass is 16.3. The lowest BCUT2D eigenvalue weighted by Crippen LogP contribution is -1.89. The fraction of sp³-hybridized carbons (Fsp3) is 0. The molecule has 0 aliphatic heterocycles. The highest BCUT2D eigenvalue weighted by Crippen LogP contribution is 2.48. The summed E-state index contributed by atoms with van der Waals surface area (Å²) in [6, 6.07) is 25.6. The van der Waals surface area contributed by atoms with Gasteiger partial charge in [-0.25, -0.2) is 0 Å². The molecule has 2 nitrogen and oxygen atoms in total. The largest absolute Gasteiger partial charge is 0.456 e. The fourth-order valence-corrected chi connectivity index (χ4v) is 4.77. The van der Waals surface area contributed by atoms with Gasteiger partial charge in [0.15, 0.2) is 0 Å².